The van der Waals surface area contributed by atoms with Gasteiger partial charge in [0, 0.05) is 23.2 Å². The Morgan fingerprint density at radius 2 is 2.00 bits per heavy atom. The van der Waals surface area contributed by atoms with E-state index >= 15 is 0 Å². The summed E-state index contributed by atoms with van der Waals surface area (Å²) in [5, 5.41) is 39.0. The van der Waals surface area contributed by atoms with Gasteiger partial charge in [-0.1, -0.05) is 0 Å². The second-order valence-corrected chi connectivity index (χ2v) is 3.01. The molecule has 0 radical (unpaired) electrons. The number of nitrogens with zero attached hydrogens (tertiary/aromatic N) is 2. The van der Waals surface area contributed by atoms with E-state index in [0.29, 0.717) is 18.2 Å². The summed E-state index contributed by atoms with van der Waals surface area (Å²) in [6.45, 7) is 0. The fourth-order valence-corrected chi connectivity index (χ4v) is 1.22. The van der Waals surface area contributed by atoms with Crippen LogP contribution in [0.15, 0.2) is 23.9 Å². The highest BCUT2D eigenvalue weighted by Gasteiger charge is 2.57. The van der Waals surface area contributed by atoms with E-state index in [4.69, 9.17) is 5.11 Å². The molecule has 0 aliphatic heterocycles. The molecular weight excluding hydrogens is 224 g/mol. The molecule has 0 spiro atoms. The first kappa shape index (κ1) is 11.8. The zero-order chi connectivity index (χ0) is 12.5. The lowest BCUT2D eigenvalue weighted by Crippen LogP contribution is -2.54. The molecule has 1 aliphatic rings. The van der Waals surface area contributed by atoms with Crippen LogP contribution < -0.4 is 0 Å². The smallest absolute Gasteiger partial charge is 0.390 e. The van der Waals surface area contributed by atoms with Crippen LogP contribution in [0.3, 0.4) is 0 Å². The monoisotopic (exact) mass is 230 g/mol. The maximum Gasteiger partial charge on any atom is 0.390 e. The van der Waals surface area contributed by atoms with Crippen LogP contribution in [-0.2, 0) is 4.79 Å². The van der Waals surface area contributed by atoms with E-state index in [9.17, 15) is 30.1 Å². The van der Waals surface area contributed by atoms with Gasteiger partial charge in [-0.05, 0) is 0 Å². The summed E-state index contributed by atoms with van der Waals surface area (Å²) in [7, 11) is 0. The van der Waals surface area contributed by atoms with E-state index in [1.54, 1.807) is 0 Å². The summed E-state index contributed by atoms with van der Waals surface area (Å²) in [5.41, 5.74) is -3.36. The number of nitro groups is 2. The standard InChI is InChI=1S/C7H6N2O7/c10-5-3-4(8(13)14)1-2-7(5,6(11)12)9(15)16/h1-3,5,10H,(H,11,12). The highest BCUT2D eigenvalue weighted by molar-refractivity contribution is 5.81. The van der Waals surface area contributed by atoms with Crippen molar-refractivity contribution in [2.24, 2.45) is 0 Å². The minimum atomic E-state index is -2.76. The Morgan fingerprint density at radius 1 is 1.44 bits per heavy atom. The predicted molar refractivity (Wildman–Crippen MR) is 47.6 cm³/mol. The molecule has 0 amide bonds. The van der Waals surface area contributed by atoms with E-state index in [-0.39, 0.29) is 0 Å². The summed E-state index contributed by atoms with van der Waals surface area (Å²) < 4.78 is 0. The van der Waals surface area contributed by atoms with Crippen LogP contribution in [0.25, 0.3) is 0 Å². The quantitative estimate of drug-likeness (QED) is 0.475. The summed E-state index contributed by atoms with van der Waals surface area (Å²) >= 11 is 0. The molecule has 9 nitrogen and oxygen atoms in total. The molecule has 2 unspecified atom stereocenters. The van der Waals surface area contributed by atoms with Crippen molar-refractivity contribution in [3.8, 4) is 0 Å². The second-order valence-electron chi connectivity index (χ2n) is 3.01. The zero-order valence-electron chi connectivity index (χ0n) is 7.64. The maximum atomic E-state index is 10.8. The molecule has 2 atom stereocenters. The van der Waals surface area contributed by atoms with Gasteiger partial charge in [0.15, 0.2) is 6.10 Å². The number of hydrogen-bond acceptors (Lipinski definition) is 6. The van der Waals surface area contributed by atoms with Crippen LogP contribution in [0.1, 0.15) is 0 Å². The highest BCUT2D eigenvalue weighted by atomic mass is 16.6. The fraction of sp³-hybridized carbons (Fsp3) is 0.286. The molecule has 0 saturated heterocycles. The predicted octanol–water partition coefficient (Wildman–Crippen LogP) is -0.822. The minimum absolute atomic E-state index is 0.498. The van der Waals surface area contributed by atoms with Gasteiger partial charge >= 0.3 is 11.5 Å². The molecule has 0 saturated carbocycles. The Labute approximate surface area is 87.6 Å². The van der Waals surface area contributed by atoms with Crippen LogP contribution in [0.5, 0.6) is 0 Å². The first-order valence-corrected chi connectivity index (χ1v) is 3.93. The molecule has 0 fully saturated rings. The number of rotatable bonds is 3. The van der Waals surface area contributed by atoms with Crippen LogP contribution in [0.4, 0.5) is 0 Å². The van der Waals surface area contributed by atoms with Crippen LogP contribution in [-0.4, -0.2) is 37.7 Å². The molecule has 0 aromatic rings. The third kappa shape index (κ3) is 1.52. The number of carboxylic acid groups (broad SMARTS) is 1. The number of aliphatic carboxylic acids is 1. The Bertz CT molecular complexity index is 410. The van der Waals surface area contributed by atoms with Crippen LogP contribution >= 0.6 is 0 Å². The third-order valence-corrected chi connectivity index (χ3v) is 2.14. The van der Waals surface area contributed by atoms with Crippen molar-refractivity contribution in [2.75, 3.05) is 0 Å². The fourth-order valence-electron chi connectivity index (χ4n) is 1.22. The number of aliphatic hydroxyl groups excluding tert-OH is 1. The van der Waals surface area contributed by atoms with Crippen molar-refractivity contribution in [1.29, 1.82) is 0 Å². The average Bonchev–Trinajstić information content (AvgIpc) is 2.16. The van der Waals surface area contributed by atoms with E-state index in [0.717, 1.165) is 0 Å². The van der Waals surface area contributed by atoms with Crippen molar-refractivity contribution in [3.05, 3.63) is 44.2 Å². The molecule has 0 aromatic heterocycles. The van der Waals surface area contributed by atoms with Crippen molar-refractivity contribution < 1.29 is 24.9 Å². The highest BCUT2D eigenvalue weighted by Crippen LogP contribution is 2.25. The summed E-state index contributed by atoms with van der Waals surface area (Å²) in [6, 6.07) is 0. The van der Waals surface area contributed by atoms with E-state index < -0.39 is 33.2 Å². The first-order valence-electron chi connectivity index (χ1n) is 3.93. The third-order valence-electron chi connectivity index (χ3n) is 2.14. The molecule has 0 aromatic carbocycles. The molecule has 16 heavy (non-hydrogen) atoms. The molecular formula is C7H6N2O7. The molecule has 0 bridgehead atoms. The lowest BCUT2D eigenvalue weighted by atomic mass is 9.88. The lowest BCUT2D eigenvalue weighted by molar-refractivity contribution is -0.551. The molecule has 1 rings (SSSR count). The minimum Gasteiger partial charge on any atom is -0.476 e. The molecule has 86 valence electrons. The van der Waals surface area contributed by atoms with Gasteiger partial charge < -0.3 is 10.2 Å². The largest absolute Gasteiger partial charge is 0.476 e. The lowest BCUT2D eigenvalue weighted by Gasteiger charge is -2.22. The SMILES string of the molecule is O=C(O)C1([N+](=O)[O-])C=CC([N+](=O)[O-])=CC1O. The van der Waals surface area contributed by atoms with Crippen molar-refractivity contribution >= 4 is 5.97 Å². The number of carbonyl (C=O) groups is 1. The van der Waals surface area contributed by atoms with Gasteiger partial charge in [0.25, 0.3) is 5.70 Å². The van der Waals surface area contributed by atoms with Gasteiger partial charge in [-0.2, -0.15) is 0 Å². The summed E-state index contributed by atoms with van der Waals surface area (Å²) in [5.74, 6) is -1.89. The number of hydrogen-bond donors (Lipinski definition) is 2. The van der Waals surface area contributed by atoms with E-state index in [1.165, 1.54) is 0 Å². The molecule has 0 heterocycles. The normalized spacial score (nSPS) is 28.3. The first-order chi connectivity index (χ1) is 7.32. The van der Waals surface area contributed by atoms with Gasteiger partial charge in [-0.25, -0.2) is 4.79 Å². The zero-order valence-corrected chi connectivity index (χ0v) is 7.64. The van der Waals surface area contributed by atoms with Gasteiger partial charge in [0.2, 0.25) is 0 Å². The Balaban J connectivity index is 3.23. The Hall–Kier alpha value is -2.29. The van der Waals surface area contributed by atoms with Crippen molar-refractivity contribution in [3.63, 3.8) is 0 Å². The summed E-state index contributed by atoms with van der Waals surface area (Å²) in [4.78, 5) is 29.6. The van der Waals surface area contributed by atoms with E-state index in [1.807, 2.05) is 0 Å². The van der Waals surface area contributed by atoms with Crippen molar-refractivity contribution in [1.82, 2.24) is 0 Å². The number of carboxylic acids is 1. The molecule has 1 aliphatic carbocycles. The van der Waals surface area contributed by atoms with Gasteiger partial charge in [0.1, 0.15) is 0 Å². The number of aliphatic hydroxyl groups is 1. The topological polar surface area (TPSA) is 144 Å². The van der Waals surface area contributed by atoms with Gasteiger partial charge in [0.05, 0.1) is 4.92 Å². The van der Waals surface area contributed by atoms with Crippen LogP contribution in [0, 0.1) is 20.2 Å². The van der Waals surface area contributed by atoms with Crippen molar-refractivity contribution in [2.45, 2.75) is 11.6 Å². The van der Waals surface area contributed by atoms with Crippen LogP contribution in [0.2, 0.25) is 0 Å². The summed E-state index contributed by atoms with van der Waals surface area (Å²) in [6.07, 6.45) is -0.385. The maximum absolute atomic E-state index is 10.8. The van der Waals surface area contributed by atoms with Gasteiger partial charge in [-0.15, -0.1) is 0 Å². The molecule has 2 N–H and O–H groups in total. The Morgan fingerprint density at radius 3 is 2.31 bits per heavy atom. The van der Waals surface area contributed by atoms with E-state index in [2.05, 4.69) is 0 Å². The van der Waals surface area contributed by atoms with Gasteiger partial charge in [-0.3, -0.25) is 20.2 Å². The number of allylic oxidation sites excluding steroid dienone is 1. The average molecular weight is 230 g/mol. The second kappa shape index (κ2) is 3.70. The molecule has 9 heteroatoms. The Kier molecular flexibility index (Phi) is 2.72.